The minimum absolute atomic E-state index is 0.0288. The molecule has 6 heteroatoms. The van der Waals surface area contributed by atoms with Gasteiger partial charge in [0.1, 0.15) is 17.9 Å². The smallest absolute Gasteiger partial charge is 0.341 e. The maximum atomic E-state index is 12.6. The number of fused-ring (bicyclic) bond motifs is 3. The normalized spacial score (nSPS) is 12.3. The van der Waals surface area contributed by atoms with Crippen molar-refractivity contribution >= 4 is 17.6 Å². The molecule has 0 unspecified atom stereocenters. The summed E-state index contributed by atoms with van der Waals surface area (Å²) in [6, 6.07) is 18.0. The van der Waals surface area contributed by atoms with Crippen molar-refractivity contribution in [3.05, 3.63) is 82.9 Å². The molecule has 0 atom stereocenters. The first-order chi connectivity index (χ1) is 13.5. The van der Waals surface area contributed by atoms with Crippen molar-refractivity contribution in [3.8, 4) is 16.9 Å². The fraction of sp³-hybridized carbons (Fsp3) is 0.0909. The number of carbonyl (C=O) groups excluding carboxylic acids is 1. The molecule has 0 spiro atoms. The number of phenolic OH excluding ortho intramolecular Hbond substituents is 1. The van der Waals surface area contributed by atoms with Gasteiger partial charge in [0.15, 0.2) is 0 Å². The van der Waals surface area contributed by atoms with Gasteiger partial charge >= 0.3 is 11.9 Å². The maximum Gasteiger partial charge on any atom is 0.341 e. The maximum absolute atomic E-state index is 12.6. The number of nitrogen functional groups attached to an aromatic ring is 1. The van der Waals surface area contributed by atoms with Crippen molar-refractivity contribution < 1.29 is 24.5 Å². The Morgan fingerprint density at radius 2 is 1.50 bits per heavy atom. The molecule has 140 valence electrons. The summed E-state index contributed by atoms with van der Waals surface area (Å²) < 4.78 is 5.46. The fourth-order valence-corrected chi connectivity index (χ4v) is 3.68. The summed E-state index contributed by atoms with van der Waals surface area (Å²) in [5.74, 6) is -2.74. The number of ether oxygens (including phenoxy) is 1. The molecule has 0 radical (unpaired) electrons. The Morgan fingerprint density at radius 3 is 2.07 bits per heavy atom. The SMILES string of the molecule is Nc1c(O)ccc(C(=O)O)c1C(=O)OCC1c2ccccc2-c2ccccc21. The van der Waals surface area contributed by atoms with Crippen LogP contribution < -0.4 is 5.73 Å². The van der Waals surface area contributed by atoms with Crippen LogP contribution in [0.25, 0.3) is 11.1 Å². The van der Waals surface area contributed by atoms with Gasteiger partial charge in [-0.3, -0.25) is 0 Å². The minimum Gasteiger partial charge on any atom is -0.506 e. The third-order valence-electron chi connectivity index (χ3n) is 5.00. The van der Waals surface area contributed by atoms with E-state index in [1.165, 1.54) is 0 Å². The summed E-state index contributed by atoms with van der Waals surface area (Å²) >= 11 is 0. The predicted molar refractivity (Wildman–Crippen MR) is 103 cm³/mol. The second-order valence-corrected chi connectivity index (χ2v) is 6.55. The third kappa shape index (κ3) is 2.75. The Hall–Kier alpha value is -3.80. The Kier molecular flexibility index (Phi) is 4.24. The lowest BCUT2D eigenvalue weighted by molar-refractivity contribution is 0.0484. The second kappa shape index (κ2) is 6.74. The van der Waals surface area contributed by atoms with Gasteiger partial charge in [-0.15, -0.1) is 0 Å². The Balaban J connectivity index is 1.65. The lowest BCUT2D eigenvalue weighted by Gasteiger charge is -2.16. The average molecular weight is 375 g/mol. The van der Waals surface area contributed by atoms with E-state index in [-0.39, 0.29) is 35.1 Å². The molecule has 3 aromatic carbocycles. The summed E-state index contributed by atoms with van der Waals surface area (Å²) in [6.45, 7) is 0.0288. The van der Waals surface area contributed by atoms with E-state index in [1.54, 1.807) is 0 Å². The van der Waals surface area contributed by atoms with E-state index >= 15 is 0 Å². The zero-order chi connectivity index (χ0) is 19.8. The van der Waals surface area contributed by atoms with Crippen LogP contribution in [-0.4, -0.2) is 28.8 Å². The fourth-order valence-electron chi connectivity index (χ4n) is 3.68. The molecular formula is C22H17NO5. The van der Waals surface area contributed by atoms with Crippen molar-refractivity contribution in [1.29, 1.82) is 0 Å². The van der Waals surface area contributed by atoms with Gasteiger partial charge in [0.2, 0.25) is 0 Å². The Labute approximate surface area is 160 Å². The van der Waals surface area contributed by atoms with Crippen molar-refractivity contribution in [2.45, 2.75) is 5.92 Å². The number of aromatic hydroxyl groups is 1. The molecule has 0 aromatic heterocycles. The lowest BCUT2D eigenvalue weighted by atomic mass is 9.98. The summed E-state index contributed by atoms with van der Waals surface area (Å²) in [5.41, 5.74) is 9.04. The number of benzene rings is 3. The summed E-state index contributed by atoms with van der Waals surface area (Å²) in [6.07, 6.45) is 0. The molecule has 1 aliphatic carbocycles. The van der Waals surface area contributed by atoms with Crippen LogP contribution >= 0.6 is 0 Å². The molecule has 6 nitrogen and oxygen atoms in total. The highest BCUT2D eigenvalue weighted by molar-refractivity contribution is 6.07. The van der Waals surface area contributed by atoms with Crippen LogP contribution in [0.3, 0.4) is 0 Å². The van der Waals surface area contributed by atoms with Crippen LogP contribution in [0, 0.1) is 0 Å². The topological polar surface area (TPSA) is 110 Å². The highest BCUT2D eigenvalue weighted by Gasteiger charge is 2.30. The number of rotatable bonds is 4. The number of aromatic carboxylic acids is 1. The quantitative estimate of drug-likeness (QED) is 0.365. The van der Waals surface area contributed by atoms with Crippen molar-refractivity contribution in [2.75, 3.05) is 12.3 Å². The van der Waals surface area contributed by atoms with Gasteiger partial charge in [0, 0.05) is 5.92 Å². The van der Waals surface area contributed by atoms with E-state index in [1.807, 2.05) is 48.5 Å². The molecule has 0 aliphatic heterocycles. The molecule has 0 saturated heterocycles. The Bertz CT molecular complexity index is 1060. The van der Waals surface area contributed by atoms with Crippen LogP contribution in [0.4, 0.5) is 5.69 Å². The van der Waals surface area contributed by atoms with Crippen LogP contribution in [-0.2, 0) is 4.74 Å². The first-order valence-electron chi connectivity index (χ1n) is 8.69. The summed E-state index contributed by atoms with van der Waals surface area (Å²) in [5, 5.41) is 19.1. The van der Waals surface area contributed by atoms with Crippen molar-refractivity contribution in [1.82, 2.24) is 0 Å². The molecule has 0 bridgehead atoms. The van der Waals surface area contributed by atoms with Gasteiger partial charge < -0.3 is 20.7 Å². The highest BCUT2D eigenvalue weighted by Crippen LogP contribution is 2.44. The predicted octanol–water partition coefficient (Wildman–Crippen LogP) is 3.64. The van der Waals surface area contributed by atoms with Crippen molar-refractivity contribution in [3.63, 3.8) is 0 Å². The zero-order valence-corrected chi connectivity index (χ0v) is 14.8. The monoisotopic (exact) mass is 375 g/mol. The van der Waals surface area contributed by atoms with Gasteiger partial charge in [0.25, 0.3) is 0 Å². The van der Waals surface area contributed by atoms with Crippen LogP contribution in [0.1, 0.15) is 37.8 Å². The van der Waals surface area contributed by atoms with E-state index in [0.29, 0.717) is 0 Å². The molecule has 0 saturated carbocycles. The van der Waals surface area contributed by atoms with Crippen LogP contribution in [0.5, 0.6) is 5.75 Å². The average Bonchev–Trinajstić information content (AvgIpc) is 3.02. The summed E-state index contributed by atoms with van der Waals surface area (Å²) in [7, 11) is 0. The standard InChI is InChI=1S/C22H17NO5/c23-20-18(24)10-9-16(21(25)26)19(20)22(27)28-11-17-14-7-3-1-5-12(14)13-6-2-4-8-15(13)17/h1-10,17,24H,11,23H2,(H,25,26). The third-order valence-corrected chi connectivity index (χ3v) is 5.00. The molecule has 4 rings (SSSR count). The first-order valence-corrected chi connectivity index (χ1v) is 8.69. The van der Waals surface area contributed by atoms with Gasteiger partial charge in [-0.1, -0.05) is 48.5 Å². The lowest BCUT2D eigenvalue weighted by Crippen LogP contribution is -2.17. The number of esters is 1. The zero-order valence-electron chi connectivity index (χ0n) is 14.8. The molecule has 0 fully saturated rings. The molecule has 0 amide bonds. The van der Waals surface area contributed by atoms with E-state index < -0.39 is 11.9 Å². The minimum atomic E-state index is -1.32. The number of anilines is 1. The molecule has 4 N–H and O–H groups in total. The van der Waals surface area contributed by atoms with Gasteiger partial charge in [-0.05, 0) is 34.4 Å². The van der Waals surface area contributed by atoms with Crippen molar-refractivity contribution in [2.24, 2.45) is 0 Å². The number of carboxylic acid groups (broad SMARTS) is 1. The van der Waals surface area contributed by atoms with Gasteiger partial charge in [-0.25, -0.2) is 9.59 Å². The first kappa shape index (κ1) is 17.6. The second-order valence-electron chi connectivity index (χ2n) is 6.55. The van der Waals surface area contributed by atoms with E-state index in [2.05, 4.69) is 0 Å². The highest BCUT2D eigenvalue weighted by atomic mass is 16.5. The Morgan fingerprint density at radius 1 is 0.929 bits per heavy atom. The molecular weight excluding hydrogens is 358 g/mol. The van der Waals surface area contributed by atoms with Gasteiger partial charge in [0.05, 0.1) is 11.3 Å². The molecule has 28 heavy (non-hydrogen) atoms. The summed E-state index contributed by atoms with van der Waals surface area (Å²) in [4.78, 5) is 24.1. The molecule has 0 heterocycles. The largest absolute Gasteiger partial charge is 0.506 e. The number of phenols is 1. The van der Waals surface area contributed by atoms with E-state index in [9.17, 15) is 19.8 Å². The number of hydrogen-bond acceptors (Lipinski definition) is 5. The van der Waals surface area contributed by atoms with Gasteiger partial charge in [-0.2, -0.15) is 0 Å². The van der Waals surface area contributed by atoms with E-state index in [0.717, 1.165) is 34.4 Å². The molecule has 1 aliphatic rings. The van der Waals surface area contributed by atoms with Crippen LogP contribution in [0.2, 0.25) is 0 Å². The molecule has 3 aromatic rings. The van der Waals surface area contributed by atoms with E-state index in [4.69, 9.17) is 10.5 Å². The number of carboxylic acids is 1. The number of carbonyl (C=O) groups is 2. The number of nitrogens with two attached hydrogens (primary N) is 1. The number of hydrogen-bond donors (Lipinski definition) is 3. The van der Waals surface area contributed by atoms with Crippen LogP contribution in [0.15, 0.2) is 60.7 Å².